The van der Waals surface area contributed by atoms with Gasteiger partial charge in [0, 0.05) is 23.5 Å². The zero-order valence-corrected chi connectivity index (χ0v) is 13.1. The number of pyridine rings is 1. The lowest BCUT2D eigenvalue weighted by Gasteiger charge is -2.32. The van der Waals surface area contributed by atoms with Crippen molar-refractivity contribution in [3.05, 3.63) is 42.2 Å². The van der Waals surface area contributed by atoms with E-state index in [0.717, 1.165) is 27.8 Å². The molecule has 0 aliphatic carbocycles. The summed E-state index contributed by atoms with van der Waals surface area (Å²) >= 11 is 0. The number of fused-ring (bicyclic) bond motifs is 2. The number of hydrogen-bond donors (Lipinski definition) is 2. The number of rotatable bonds is 3. The maximum atomic E-state index is 12.1. The quantitative estimate of drug-likeness (QED) is 0.773. The van der Waals surface area contributed by atoms with Crippen LogP contribution in [-0.2, 0) is 4.74 Å². The molecule has 1 aromatic carbocycles. The normalized spacial score (nSPS) is 17.0. The zero-order valence-electron chi connectivity index (χ0n) is 13.1. The van der Waals surface area contributed by atoms with E-state index in [1.165, 1.54) is 4.90 Å². The maximum Gasteiger partial charge on any atom is 0.414 e. The molecule has 4 rings (SSSR count). The minimum Gasteiger partial charge on any atom is -0.441 e. The number of hydrogen-bond acceptors (Lipinski definition) is 5. The highest BCUT2D eigenvalue weighted by molar-refractivity contribution is 5.95. The smallest absolute Gasteiger partial charge is 0.414 e. The third-order valence-corrected chi connectivity index (χ3v) is 4.12. The number of carbonyl (C=O) groups excluding carboxylic acids is 1. The fraction of sp³-hybridized carbons (Fsp3) is 0.235. The molecule has 1 atom stereocenters. The number of nitrogens with zero attached hydrogens (tertiary/aromatic N) is 3. The number of amides is 1. The molecule has 1 aliphatic heterocycles. The van der Waals surface area contributed by atoms with Crippen LogP contribution in [0.4, 0.5) is 10.5 Å². The molecule has 0 bridgehead atoms. The predicted molar refractivity (Wildman–Crippen MR) is 88.7 cm³/mol. The van der Waals surface area contributed by atoms with Crippen LogP contribution in [-0.4, -0.2) is 39.3 Å². The van der Waals surface area contributed by atoms with Crippen molar-refractivity contribution in [2.45, 2.75) is 13.0 Å². The largest absolute Gasteiger partial charge is 0.441 e. The summed E-state index contributed by atoms with van der Waals surface area (Å²) in [4.78, 5) is 25.5. The predicted octanol–water partition coefficient (Wildman–Crippen LogP) is 2.63. The molecule has 2 aromatic heterocycles. The molecule has 122 valence electrons. The van der Waals surface area contributed by atoms with Crippen LogP contribution in [0.1, 0.15) is 18.6 Å². The number of carbonyl (C=O) groups is 1. The van der Waals surface area contributed by atoms with Gasteiger partial charge in [-0.3, -0.25) is 9.88 Å². The van der Waals surface area contributed by atoms with Crippen molar-refractivity contribution in [2.75, 3.05) is 18.1 Å². The van der Waals surface area contributed by atoms with Gasteiger partial charge in [-0.05, 0) is 31.2 Å². The van der Waals surface area contributed by atoms with Crippen LogP contribution in [0.2, 0.25) is 0 Å². The lowest BCUT2D eigenvalue weighted by molar-refractivity contribution is 0.106. The zero-order chi connectivity index (χ0) is 16.7. The number of benzene rings is 1. The number of nitrogens with one attached hydrogen (secondary N) is 1. The van der Waals surface area contributed by atoms with Gasteiger partial charge >= 0.3 is 6.09 Å². The Kier molecular flexibility index (Phi) is 3.42. The van der Waals surface area contributed by atoms with E-state index in [2.05, 4.69) is 15.0 Å². The van der Waals surface area contributed by atoms with Gasteiger partial charge in [0.15, 0.2) is 0 Å². The van der Waals surface area contributed by atoms with Crippen LogP contribution in [0.25, 0.3) is 22.4 Å². The summed E-state index contributed by atoms with van der Waals surface area (Å²) in [5.41, 5.74) is 4.11. The number of aliphatic hydroxyl groups is 1. The molecule has 0 fully saturated rings. The highest BCUT2D eigenvalue weighted by Crippen LogP contribution is 2.37. The second-order valence-corrected chi connectivity index (χ2v) is 5.66. The SMILES string of the molecule is CC1OC(=O)N(CCO)c2cc3nc(-c4cccnc4)[nH]c3cc21. The van der Waals surface area contributed by atoms with E-state index < -0.39 is 6.09 Å². The Morgan fingerprint density at radius 3 is 3.04 bits per heavy atom. The lowest BCUT2D eigenvalue weighted by Crippen LogP contribution is -2.38. The summed E-state index contributed by atoms with van der Waals surface area (Å²) in [6.07, 6.45) is 2.65. The molecule has 0 spiro atoms. The minimum absolute atomic E-state index is 0.136. The van der Waals surface area contributed by atoms with Crippen molar-refractivity contribution in [2.24, 2.45) is 0 Å². The van der Waals surface area contributed by atoms with Gasteiger partial charge in [-0.1, -0.05) is 0 Å². The van der Waals surface area contributed by atoms with Gasteiger partial charge in [0.05, 0.1) is 29.9 Å². The van der Waals surface area contributed by atoms with Crippen LogP contribution in [0.5, 0.6) is 0 Å². The van der Waals surface area contributed by atoms with Crippen molar-refractivity contribution in [3.8, 4) is 11.4 Å². The Labute approximate surface area is 137 Å². The van der Waals surface area contributed by atoms with Crippen molar-refractivity contribution in [1.82, 2.24) is 15.0 Å². The molecule has 0 saturated carbocycles. The molecule has 1 unspecified atom stereocenters. The van der Waals surface area contributed by atoms with Crippen molar-refractivity contribution in [3.63, 3.8) is 0 Å². The molecule has 7 nitrogen and oxygen atoms in total. The molecule has 0 saturated heterocycles. The van der Waals surface area contributed by atoms with Gasteiger partial charge in [0.25, 0.3) is 0 Å². The van der Waals surface area contributed by atoms with Gasteiger partial charge in [0.1, 0.15) is 11.9 Å². The number of aromatic nitrogens is 3. The van der Waals surface area contributed by atoms with E-state index in [1.54, 1.807) is 12.4 Å². The van der Waals surface area contributed by atoms with Gasteiger partial charge in [0.2, 0.25) is 0 Å². The second-order valence-electron chi connectivity index (χ2n) is 5.66. The monoisotopic (exact) mass is 324 g/mol. The number of anilines is 1. The summed E-state index contributed by atoms with van der Waals surface area (Å²) in [5.74, 6) is 0.717. The summed E-state index contributed by atoms with van der Waals surface area (Å²) in [7, 11) is 0. The Bertz CT molecular complexity index is 907. The molecule has 1 amide bonds. The summed E-state index contributed by atoms with van der Waals surface area (Å²) in [6.45, 7) is 1.88. The Morgan fingerprint density at radius 1 is 1.42 bits per heavy atom. The molecule has 3 aromatic rings. The molecule has 3 heterocycles. The van der Waals surface area contributed by atoms with E-state index in [1.807, 2.05) is 31.2 Å². The number of H-pyrrole nitrogens is 1. The molecule has 7 heteroatoms. The van der Waals surface area contributed by atoms with Gasteiger partial charge < -0.3 is 14.8 Å². The molecular formula is C17H16N4O3. The van der Waals surface area contributed by atoms with E-state index >= 15 is 0 Å². The first-order chi connectivity index (χ1) is 11.7. The standard InChI is InChI=1S/C17H16N4O3/c1-10-12-7-13-14(8-15(12)21(5-6-22)17(23)24-10)20-16(19-13)11-3-2-4-18-9-11/h2-4,7-10,22H,5-6H2,1H3,(H,19,20). The fourth-order valence-electron chi connectivity index (χ4n) is 2.95. The molecule has 2 N–H and O–H groups in total. The van der Waals surface area contributed by atoms with Crippen LogP contribution in [0.15, 0.2) is 36.7 Å². The second kappa shape index (κ2) is 5.61. The number of imidazole rings is 1. The third-order valence-electron chi connectivity index (χ3n) is 4.12. The number of cyclic esters (lactones) is 1. The minimum atomic E-state index is -0.452. The van der Waals surface area contributed by atoms with Crippen LogP contribution in [0, 0.1) is 0 Å². The summed E-state index contributed by atoms with van der Waals surface area (Å²) in [5, 5.41) is 9.22. The molecule has 1 aliphatic rings. The van der Waals surface area contributed by atoms with Crippen molar-refractivity contribution in [1.29, 1.82) is 0 Å². The number of ether oxygens (including phenoxy) is 1. The van der Waals surface area contributed by atoms with Crippen LogP contribution >= 0.6 is 0 Å². The number of aromatic amines is 1. The average molecular weight is 324 g/mol. The fourth-order valence-corrected chi connectivity index (χ4v) is 2.95. The molecule has 24 heavy (non-hydrogen) atoms. The van der Waals surface area contributed by atoms with Gasteiger partial charge in [-0.25, -0.2) is 9.78 Å². The van der Waals surface area contributed by atoms with E-state index in [9.17, 15) is 9.90 Å². The number of β-amino-alcohol motifs (C(OH)–C–C–N with tert-alkyl or cyclic N) is 1. The highest BCUT2D eigenvalue weighted by atomic mass is 16.6. The summed E-state index contributed by atoms with van der Waals surface area (Å²) in [6, 6.07) is 7.58. The lowest BCUT2D eigenvalue weighted by atomic mass is 10.0. The van der Waals surface area contributed by atoms with Crippen molar-refractivity contribution < 1.29 is 14.6 Å². The van der Waals surface area contributed by atoms with E-state index in [0.29, 0.717) is 5.82 Å². The first-order valence-electron chi connectivity index (χ1n) is 7.70. The number of aliphatic hydroxyl groups excluding tert-OH is 1. The Morgan fingerprint density at radius 2 is 2.29 bits per heavy atom. The van der Waals surface area contributed by atoms with Gasteiger partial charge in [-0.15, -0.1) is 0 Å². The maximum absolute atomic E-state index is 12.1. The first-order valence-corrected chi connectivity index (χ1v) is 7.70. The molecule has 0 radical (unpaired) electrons. The van der Waals surface area contributed by atoms with Crippen molar-refractivity contribution >= 4 is 22.8 Å². The third kappa shape index (κ3) is 2.30. The summed E-state index contributed by atoms with van der Waals surface area (Å²) < 4.78 is 5.35. The van der Waals surface area contributed by atoms with E-state index in [4.69, 9.17) is 4.74 Å². The average Bonchev–Trinajstić information content (AvgIpc) is 3.01. The van der Waals surface area contributed by atoms with Gasteiger partial charge in [-0.2, -0.15) is 0 Å². The van der Waals surface area contributed by atoms with Crippen LogP contribution in [0.3, 0.4) is 0 Å². The topological polar surface area (TPSA) is 91.3 Å². The Balaban J connectivity index is 1.86. The van der Waals surface area contributed by atoms with Crippen LogP contribution < -0.4 is 4.90 Å². The highest BCUT2D eigenvalue weighted by Gasteiger charge is 2.30. The molecular weight excluding hydrogens is 308 g/mol. The first kappa shape index (κ1) is 14.6. The Hall–Kier alpha value is -2.93. The van der Waals surface area contributed by atoms with E-state index in [-0.39, 0.29) is 19.3 Å².